The van der Waals surface area contributed by atoms with Crippen LogP contribution in [0.3, 0.4) is 0 Å². The summed E-state index contributed by atoms with van der Waals surface area (Å²) in [5.41, 5.74) is 0.728. The number of carbonyl (C=O) groups is 1. The SMILES string of the molecule is CCCCCc1cc(O)cc(O)c1Oc1cc(O)cc2c1C(=O)O[C@@]2(O)CCCC. The standard InChI is InChI=1S/C23H28O7/c1-3-5-7-8-14-10-15(24)12-18(26)21(14)29-19-13-16(25)11-17-20(19)22(27)30-23(17,28)9-6-4-2/h10-13,24-26,28H,3-9H2,1-2H3/t23-/m0/s1. The Bertz CT molecular complexity index is 938. The van der Waals surface area contributed by atoms with Gasteiger partial charge in [0.1, 0.15) is 22.8 Å². The van der Waals surface area contributed by atoms with Crippen LogP contribution in [0.1, 0.15) is 73.9 Å². The normalized spacial score (nSPS) is 17.6. The Kier molecular flexibility index (Phi) is 6.41. The van der Waals surface area contributed by atoms with E-state index in [0.29, 0.717) is 18.4 Å². The molecule has 0 saturated carbocycles. The zero-order valence-corrected chi connectivity index (χ0v) is 17.3. The highest BCUT2D eigenvalue weighted by Gasteiger charge is 2.46. The monoisotopic (exact) mass is 416 g/mol. The topological polar surface area (TPSA) is 116 Å². The van der Waals surface area contributed by atoms with E-state index in [2.05, 4.69) is 6.92 Å². The van der Waals surface area contributed by atoms with E-state index in [9.17, 15) is 25.2 Å². The van der Waals surface area contributed by atoms with Crippen molar-refractivity contribution in [2.75, 3.05) is 0 Å². The van der Waals surface area contributed by atoms with Gasteiger partial charge in [-0.2, -0.15) is 0 Å². The minimum Gasteiger partial charge on any atom is -0.508 e. The first-order valence-corrected chi connectivity index (χ1v) is 10.3. The van der Waals surface area contributed by atoms with Gasteiger partial charge in [0.05, 0.1) is 0 Å². The first kappa shape index (κ1) is 21.8. The number of benzene rings is 2. The molecule has 3 rings (SSSR count). The first-order chi connectivity index (χ1) is 14.3. The van der Waals surface area contributed by atoms with Crippen molar-refractivity contribution in [3.05, 3.63) is 41.0 Å². The van der Waals surface area contributed by atoms with Crippen LogP contribution in [0, 0.1) is 0 Å². The summed E-state index contributed by atoms with van der Waals surface area (Å²) in [4.78, 5) is 12.6. The molecule has 4 N–H and O–H groups in total. The van der Waals surface area contributed by atoms with Crippen molar-refractivity contribution >= 4 is 5.97 Å². The number of ether oxygens (including phenoxy) is 2. The summed E-state index contributed by atoms with van der Waals surface area (Å²) < 4.78 is 11.1. The summed E-state index contributed by atoms with van der Waals surface area (Å²) in [7, 11) is 0. The van der Waals surface area contributed by atoms with Gasteiger partial charge in [-0.1, -0.05) is 33.1 Å². The maximum atomic E-state index is 12.6. The Morgan fingerprint density at radius 2 is 1.67 bits per heavy atom. The van der Waals surface area contributed by atoms with Crippen LogP contribution < -0.4 is 4.74 Å². The predicted octanol–water partition coefficient (Wildman–Crippen LogP) is 4.83. The molecule has 0 spiro atoms. The highest BCUT2D eigenvalue weighted by atomic mass is 16.7. The zero-order valence-electron chi connectivity index (χ0n) is 17.3. The third-order valence-electron chi connectivity index (χ3n) is 5.24. The molecule has 1 aliphatic heterocycles. The molecule has 0 unspecified atom stereocenters. The number of esters is 1. The van der Waals surface area contributed by atoms with E-state index in [1.54, 1.807) is 0 Å². The molecule has 2 aromatic rings. The second-order valence-electron chi connectivity index (χ2n) is 7.66. The van der Waals surface area contributed by atoms with Crippen molar-refractivity contribution in [1.29, 1.82) is 0 Å². The van der Waals surface area contributed by atoms with Crippen molar-refractivity contribution in [1.82, 2.24) is 0 Å². The number of carbonyl (C=O) groups excluding carboxylic acids is 1. The number of aromatic hydroxyl groups is 3. The van der Waals surface area contributed by atoms with Gasteiger partial charge in [0.2, 0.25) is 5.79 Å². The van der Waals surface area contributed by atoms with E-state index in [1.165, 1.54) is 18.2 Å². The molecule has 0 saturated heterocycles. The largest absolute Gasteiger partial charge is 0.508 e. The molecule has 0 aromatic heterocycles. The van der Waals surface area contributed by atoms with E-state index in [0.717, 1.165) is 31.7 Å². The van der Waals surface area contributed by atoms with Gasteiger partial charge in [-0.15, -0.1) is 0 Å². The molecule has 162 valence electrons. The average Bonchev–Trinajstić information content (AvgIpc) is 2.93. The summed E-state index contributed by atoms with van der Waals surface area (Å²) in [5.74, 6) is -3.12. The van der Waals surface area contributed by atoms with Crippen LogP contribution in [-0.2, 0) is 16.9 Å². The number of phenols is 3. The van der Waals surface area contributed by atoms with Crippen molar-refractivity contribution in [2.45, 2.75) is 64.6 Å². The third kappa shape index (κ3) is 4.31. The van der Waals surface area contributed by atoms with E-state index in [1.807, 2.05) is 6.92 Å². The number of cyclic esters (lactones) is 1. The maximum Gasteiger partial charge on any atom is 0.345 e. The van der Waals surface area contributed by atoms with E-state index >= 15 is 0 Å². The number of hydrogen-bond donors (Lipinski definition) is 4. The minimum absolute atomic E-state index is 0.0124. The number of aryl methyl sites for hydroxylation is 1. The molecule has 1 atom stereocenters. The lowest BCUT2D eigenvalue weighted by molar-refractivity contribution is -0.168. The Labute approximate surface area is 175 Å². The van der Waals surface area contributed by atoms with Crippen molar-refractivity contribution in [3.63, 3.8) is 0 Å². The van der Waals surface area contributed by atoms with Gasteiger partial charge in [0, 0.05) is 29.7 Å². The number of rotatable bonds is 9. The second-order valence-corrected chi connectivity index (χ2v) is 7.66. The number of aliphatic hydroxyl groups is 1. The fourth-order valence-electron chi connectivity index (χ4n) is 3.70. The van der Waals surface area contributed by atoms with Gasteiger partial charge in [-0.05, 0) is 31.4 Å². The predicted molar refractivity (Wildman–Crippen MR) is 110 cm³/mol. The lowest BCUT2D eigenvalue weighted by atomic mass is 9.96. The number of unbranched alkanes of at least 4 members (excludes halogenated alkanes) is 3. The fourth-order valence-corrected chi connectivity index (χ4v) is 3.70. The second kappa shape index (κ2) is 8.83. The summed E-state index contributed by atoms with van der Waals surface area (Å²) >= 11 is 0. The summed E-state index contributed by atoms with van der Waals surface area (Å²) in [6.07, 6.45) is 4.95. The molecule has 2 aromatic carbocycles. The first-order valence-electron chi connectivity index (χ1n) is 10.3. The maximum absolute atomic E-state index is 12.6. The molecule has 0 fully saturated rings. The Morgan fingerprint density at radius 3 is 2.37 bits per heavy atom. The van der Waals surface area contributed by atoms with Crippen molar-refractivity contribution in [3.8, 4) is 28.7 Å². The minimum atomic E-state index is -1.83. The van der Waals surface area contributed by atoms with Gasteiger partial charge >= 0.3 is 5.97 Å². The highest BCUT2D eigenvalue weighted by molar-refractivity contribution is 5.98. The summed E-state index contributed by atoms with van der Waals surface area (Å²) in [6.45, 7) is 4.02. The molecule has 0 aliphatic carbocycles. The van der Waals surface area contributed by atoms with Crippen LogP contribution in [0.2, 0.25) is 0 Å². The van der Waals surface area contributed by atoms with Crippen LogP contribution in [0.4, 0.5) is 0 Å². The summed E-state index contributed by atoms with van der Waals surface area (Å²) in [6, 6.07) is 5.19. The molecule has 1 heterocycles. The molecule has 7 heteroatoms. The average molecular weight is 416 g/mol. The molecule has 0 radical (unpaired) electrons. The van der Waals surface area contributed by atoms with Crippen LogP contribution in [0.25, 0.3) is 0 Å². The van der Waals surface area contributed by atoms with Crippen LogP contribution >= 0.6 is 0 Å². The lowest BCUT2D eigenvalue weighted by Crippen LogP contribution is -2.25. The smallest absolute Gasteiger partial charge is 0.345 e. The van der Waals surface area contributed by atoms with Gasteiger partial charge < -0.3 is 29.9 Å². The lowest BCUT2D eigenvalue weighted by Gasteiger charge is -2.22. The van der Waals surface area contributed by atoms with Gasteiger partial charge in [0.15, 0.2) is 11.5 Å². The zero-order chi connectivity index (χ0) is 21.9. The van der Waals surface area contributed by atoms with E-state index < -0.39 is 11.8 Å². The van der Waals surface area contributed by atoms with E-state index in [-0.39, 0.29) is 46.3 Å². The van der Waals surface area contributed by atoms with Crippen LogP contribution in [0.5, 0.6) is 28.7 Å². The number of fused-ring (bicyclic) bond motifs is 1. The molecule has 0 bridgehead atoms. The molecule has 1 aliphatic rings. The van der Waals surface area contributed by atoms with Crippen molar-refractivity contribution in [2.24, 2.45) is 0 Å². The molecule has 7 nitrogen and oxygen atoms in total. The Morgan fingerprint density at radius 1 is 0.967 bits per heavy atom. The summed E-state index contributed by atoms with van der Waals surface area (Å²) in [5, 5.41) is 41.3. The number of hydrogen-bond acceptors (Lipinski definition) is 7. The van der Waals surface area contributed by atoms with Crippen molar-refractivity contribution < 1.29 is 34.7 Å². The third-order valence-corrected chi connectivity index (χ3v) is 5.24. The van der Waals surface area contributed by atoms with Crippen LogP contribution in [0.15, 0.2) is 24.3 Å². The van der Waals surface area contributed by atoms with Gasteiger partial charge in [-0.3, -0.25) is 0 Å². The molecule has 0 amide bonds. The molecular weight excluding hydrogens is 388 g/mol. The Balaban J connectivity index is 2.03. The number of phenolic OH excluding ortho intramolecular Hbond substituents is 3. The van der Waals surface area contributed by atoms with Gasteiger partial charge in [-0.25, -0.2) is 4.79 Å². The van der Waals surface area contributed by atoms with Crippen LogP contribution in [-0.4, -0.2) is 26.4 Å². The Hall–Kier alpha value is -2.93. The molecule has 30 heavy (non-hydrogen) atoms. The highest BCUT2D eigenvalue weighted by Crippen LogP contribution is 2.47. The fraction of sp³-hybridized carbons (Fsp3) is 0.435. The molecular formula is C23H28O7. The van der Waals surface area contributed by atoms with Gasteiger partial charge in [0.25, 0.3) is 0 Å². The quantitative estimate of drug-likeness (QED) is 0.341. The van der Waals surface area contributed by atoms with E-state index in [4.69, 9.17) is 9.47 Å².